The van der Waals surface area contributed by atoms with Crippen LogP contribution in [0.25, 0.3) is 10.9 Å². The Morgan fingerprint density at radius 1 is 0.925 bits per heavy atom. The van der Waals surface area contributed by atoms with Gasteiger partial charge in [0.15, 0.2) is 0 Å². The normalized spacial score (nSPS) is 16.9. The average molecular weight is 570 g/mol. The minimum absolute atomic E-state index is 0.00220. The van der Waals surface area contributed by atoms with Crippen molar-refractivity contribution in [2.75, 3.05) is 19.6 Å². The lowest BCUT2D eigenvalue weighted by atomic mass is 9.99. The maximum Gasteiger partial charge on any atom is 0.416 e. The van der Waals surface area contributed by atoms with E-state index in [2.05, 4.69) is 0 Å². The maximum atomic E-state index is 13.6. The van der Waals surface area contributed by atoms with E-state index >= 15 is 0 Å². The summed E-state index contributed by atoms with van der Waals surface area (Å²) in [5, 5.41) is 0.880. The number of nitrogens with zero attached hydrogens (tertiary/aromatic N) is 3. The van der Waals surface area contributed by atoms with Crippen molar-refractivity contribution in [1.29, 1.82) is 0 Å². The summed E-state index contributed by atoms with van der Waals surface area (Å²) in [6.45, 7) is 4.97. The van der Waals surface area contributed by atoms with Crippen molar-refractivity contribution in [3.63, 3.8) is 0 Å². The summed E-state index contributed by atoms with van der Waals surface area (Å²) >= 11 is 0. The smallest absolute Gasteiger partial charge is 0.416 e. The van der Waals surface area contributed by atoms with Crippen molar-refractivity contribution in [3.05, 3.63) is 70.9 Å². The van der Waals surface area contributed by atoms with Crippen LogP contribution in [0.3, 0.4) is 0 Å². The van der Waals surface area contributed by atoms with Gasteiger partial charge in [-0.2, -0.15) is 26.3 Å². The lowest BCUT2D eigenvalue weighted by molar-refractivity contribution is -0.143. The molecule has 0 N–H and O–H groups in total. The number of piperazine rings is 1. The van der Waals surface area contributed by atoms with Gasteiger partial charge in [-0.05, 0) is 57.0 Å². The highest BCUT2D eigenvalue weighted by Crippen LogP contribution is 2.37. The lowest BCUT2D eigenvalue weighted by Crippen LogP contribution is -2.57. The van der Waals surface area contributed by atoms with Gasteiger partial charge in [-0.1, -0.05) is 18.2 Å². The first-order valence-corrected chi connectivity index (χ1v) is 12.6. The maximum absolute atomic E-state index is 13.6. The molecule has 4 rings (SSSR count). The quantitative estimate of drug-likeness (QED) is 0.338. The monoisotopic (exact) mass is 569 g/mol. The standard InChI is InChI=1S/C28H29F6N3O3/c1-26(2,3)40-25(39)36-9-10-37(21(16-36)13-18-15-35(4)23-8-6-5-7-22(18)23)24(38)17-11-19(27(29,30)31)14-20(12-17)28(32,33)34/h5-8,11-12,14-15,21H,9-10,13,16H2,1-4H3/t21-/m1/s1. The summed E-state index contributed by atoms with van der Waals surface area (Å²) in [5.41, 5.74) is -2.93. The molecule has 0 radical (unpaired) electrons. The van der Waals surface area contributed by atoms with Crippen LogP contribution in [-0.4, -0.2) is 57.6 Å². The molecule has 1 saturated heterocycles. The third-order valence-electron chi connectivity index (χ3n) is 6.66. The zero-order valence-corrected chi connectivity index (χ0v) is 22.4. The number of amides is 2. The number of fused-ring (bicyclic) bond motifs is 1. The second-order valence-corrected chi connectivity index (χ2v) is 10.9. The molecule has 0 saturated carbocycles. The Balaban J connectivity index is 1.73. The fourth-order valence-corrected chi connectivity index (χ4v) is 4.88. The van der Waals surface area contributed by atoms with Crippen LogP contribution in [0.4, 0.5) is 31.1 Å². The van der Waals surface area contributed by atoms with Gasteiger partial charge in [-0.25, -0.2) is 4.79 Å². The predicted molar refractivity (Wildman–Crippen MR) is 136 cm³/mol. The molecule has 1 aliphatic rings. The van der Waals surface area contributed by atoms with Gasteiger partial charge in [0, 0.05) is 49.3 Å². The van der Waals surface area contributed by atoms with E-state index < -0.39 is 52.7 Å². The van der Waals surface area contributed by atoms with Gasteiger partial charge in [0.1, 0.15) is 5.60 Å². The van der Waals surface area contributed by atoms with Crippen LogP contribution in [0, 0.1) is 0 Å². The van der Waals surface area contributed by atoms with Gasteiger partial charge in [0.25, 0.3) is 5.91 Å². The van der Waals surface area contributed by atoms with Crippen LogP contribution >= 0.6 is 0 Å². The number of ether oxygens (including phenoxy) is 1. The number of alkyl halides is 6. The number of aromatic nitrogens is 1. The Morgan fingerprint density at radius 3 is 2.10 bits per heavy atom. The Hall–Kier alpha value is -3.70. The molecular formula is C28H29F6N3O3. The number of hydrogen-bond donors (Lipinski definition) is 0. The number of aryl methyl sites for hydroxylation is 1. The highest BCUT2D eigenvalue weighted by Gasteiger charge is 2.40. The molecule has 12 heteroatoms. The summed E-state index contributed by atoms with van der Waals surface area (Å²) < 4.78 is 88.2. The Morgan fingerprint density at radius 2 is 1.52 bits per heavy atom. The third kappa shape index (κ3) is 6.37. The van der Waals surface area contributed by atoms with Gasteiger partial charge in [-0.3, -0.25) is 4.79 Å². The van der Waals surface area contributed by atoms with Gasteiger partial charge >= 0.3 is 18.4 Å². The van der Waals surface area contributed by atoms with E-state index in [0.29, 0.717) is 12.1 Å². The number of para-hydroxylation sites is 1. The van der Waals surface area contributed by atoms with E-state index in [4.69, 9.17) is 4.74 Å². The van der Waals surface area contributed by atoms with Crippen LogP contribution in [0.15, 0.2) is 48.7 Å². The first-order chi connectivity index (χ1) is 18.4. The molecule has 0 spiro atoms. The van der Waals surface area contributed by atoms with Gasteiger partial charge < -0.3 is 19.1 Å². The highest BCUT2D eigenvalue weighted by molar-refractivity contribution is 5.95. The molecule has 216 valence electrons. The molecule has 0 aliphatic carbocycles. The summed E-state index contributed by atoms with van der Waals surface area (Å²) in [6.07, 6.45) is -8.74. The SMILES string of the molecule is Cn1cc(C[C@@H]2CN(C(=O)OC(C)(C)C)CCN2C(=O)c2cc(C(F)(F)F)cc(C(F)(F)F)c2)c2ccccc21. The van der Waals surface area contributed by atoms with Crippen LogP contribution in [0.2, 0.25) is 0 Å². The van der Waals surface area contributed by atoms with Crippen molar-refractivity contribution in [3.8, 4) is 0 Å². The zero-order valence-electron chi connectivity index (χ0n) is 22.4. The zero-order chi connectivity index (χ0) is 29.6. The van der Waals surface area contributed by atoms with Crippen molar-refractivity contribution >= 4 is 22.9 Å². The predicted octanol–water partition coefficient (Wildman–Crippen LogP) is 6.52. The Labute approximate surface area is 227 Å². The van der Waals surface area contributed by atoms with Gasteiger partial charge in [-0.15, -0.1) is 0 Å². The molecule has 3 aromatic rings. The van der Waals surface area contributed by atoms with E-state index in [1.54, 1.807) is 20.8 Å². The van der Waals surface area contributed by atoms with Crippen LogP contribution in [-0.2, 0) is 30.6 Å². The fraction of sp³-hybridized carbons (Fsp3) is 0.429. The summed E-state index contributed by atoms with van der Waals surface area (Å²) in [7, 11) is 1.84. The fourth-order valence-electron chi connectivity index (χ4n) is 4.88. The van der Waals surface area contributed by atoms with Crippen molar-refractivity contribution in [2.45, 2.75) is 51.2 Å². The first-order valence-electron chi connectivity index (χ1n) is 12.6. The van der Waals surface area contributed by atoms with E-state index in [0.717, 1.165) is 16.5 Å². The third-order valence-corrected chi connectivity index (χ3v) is 6.66. The Bertz CT molecular complexity index is 1390. The molecule has 2 aromatic carbocycles. The number of halogens is 6. The van der Waals surface area contributed by atoms with E-state index in [-0.39, 0.29) is 32.1 Å². The summed E-state index contributed by atoms with van der Waals surface area (Å²) in [6, 6.07) is 7.60. The average Bonchev–Trinajstić information content (AvgIpc) is 3.16. The van der Waals surface area contributed by atoms with Crippen molar-refractivity contribution in [2.24, 2.45) is 7.05 Å². The molecule has 1 aliphatic heterocycles. The van der Waals surface area contributed by atoms with Crippen LogP contribution in [0.5, 0.6) is 0 Å². The van der Waals surface area contributed by atoms with Crippen molar-refractivity contribution in [1.82, 2.24) is 14.4 Å². The van der Waals surface area contributed by atoms with Gasteiger partial charge in [0.05, 0.1) is 17.2 Å². The molecule has 1 aromatic heterocycles. The molecule has 6 nitrogen and oxygen atoms in total. The molecule has 40 heavy (non-hydrogen) atoms. The minimum Gasteiger partial charge on any atom is -0.444 e. The molecule has 1 fully saturated rings. The lowest BCUT2D eigenvalue weighted by Gasteiger charge is -2.42. The number of hydrogen-bond acceptors (Lipinski definition) is 3. The Kier molecular flexibility index (Phi) is 7.59. The topological polar surface area (TPSA) is 54.8 Å². The van der Waals surface area contributed by atoms with E-state index in [1.807, 2.05) is 42.1 Å². The molecule has 2 heterocycles. The minimum atomic E-state index is -5.09. The molecule has 1 atom stereocenters. The largest absolute Gasteiger partial charge is 0.444 e. The molecule has 0 unspecified atom stereocenters. The number of carbonyl (C=O) groups excluding carboxylic acids is 2. The highest BCUT2D eigenvalue weighted by atomic mass is 19.4. The van der Waals surface area contributed by atoms with Crippen LogP contribution < -0.4 is 0 Å². The second-order valence-electron chi connectivity index (χ2n) is 10.9. The van der Waals surface area contributed by atoms with E-state index in [9.17, 15) is 35.9 Å². The van der Waals surface area contributed by atoms with Crippen LogP contribution in [0.1, 0.15) is 47.8 Å². The molecule has 0 bridgehead atoms. The van der Waals surface area contributed by atoms with Gasteiger partial charge in [0.2, 0.25) is 0 Å². The second kappa shape index (κ2) is 10.4. The summed E-state index contributed by atoms with van der Waals surface area (Å²) in [4.78, 5) is 29.1. The number of carbonyl (C=O) groups is 2. The number of benzene rings is 2. The number of rotatable bonds is 3. The molecular weight excluding hydrogens is 540 g/mol. The van der Waals surface area contributed by atoms with E-state index in [1.165, 1.54) is 9.80 Å². The summed E-state index contributed by atoms with van der Waals surface area (Å²) in [5.74, 6) is -0.981. The van der Waals surface area contributed by atoms with Crippen molar-refractivity contribution < 1.29 is 40.7 Å². The molecule has 2 amide bonds. The first kappa shape index (κ1) is 29.3.